The molecular formula is C22H27NO. The zero-order valence-electron chi connectivity index (χ0n) is 14.9. The number of nitrogens with zero attached hydrogens (tertiary/aromatic N) is 1. The maximum atomic E-state index is 6.03. The lowest BCUT2D eigenvalue weighted by Crippen LogP contribution is -2.25. The summed E-state index contributed by atoms with van der Waals surface area (Å²) < 4.78 is 6.03. The van der Waals surface area contributed by atoms with Crippen LogP contribution in [0.1, 0.15) is 38.7 Å². The zero-order valence-corrected chi connectivity index (χ0v) is 14.9. The Balaban J connectivity index is 1.97. The molecule has 1 aliphatic carbocycles. The first kappa shape index (κ1) is 16.8. The molecule has 0 aromatic heterocycles. The van der Waals surface area contributed by atoms with Gasteiger partial charge in [-0.1, -0.05) is 75.4 Å². The third kappa shape index (κ3) is 3.38. The standard InChI is InChI=1S/C22H27NO/c1-5-10-16-13-9-14-18(20(16)17-11-7-6-8-12-17)21-23-19(15-24-21)22(2,3)4/h5-9,11-14,16,19-20H,1,10,15H2,2-4H3/t16-,19-,20-/m1/s1. The van der Waals surface area contributed by atoms with Crippen molar-refractivity contribution in [1.82, 2.24) is 0 Å². The van der Waals surface area contributed by atoms with Gasteiger partial charge in [0.05, 0.1) is 6.04 Å². The van der Waals surface area contributed by atoms with E-state index in [0.717, 1.165) is 12.3 Å². The van der Waals surface area contributed by atoms with Crippen molar-refractivity contribution in [3.05, 3.63) is 72.4 Å². The molecular weight excluding hydrogens is 294 g/mol. The maximum absolute atomic E-state index is 6.03. The lowest BCUT2D eigenvalue weighted by Gasteiger charge is -2.29. The van der Waals surface area contributed by atoms with E-state index in [1.54, 1.807) is 0 Å². The van der Waals surface area contributed by atoms with Crippen LogP contribution >= 0.6 is 0 Å². The average molecular weight is 321 g/mol. The molecule has 2 aliphatic rings. The van der Waals surface area contributed by atoms with Crippen molar-refractivity contribution in [3.63, 3.8) is 0 Å². The summed E-state index contributed by atoms with van der Waals surface area (Å²) >= 11 is 0. The Morgan fingerprint density at radius 1 is 1.25 bits per heavy atom. The highest BCUT2D eigenvalue weighted by Gasteiger charge is 2.35. The minimum Gasteiger partial charge on any atom is -0.475 e. The molecule has 1 heterocycles. The van der Waals surface area contributed by atoms with Crippen LogP contribution in [0.25, 0.3) is 0 Å². The van der Waals surface area contributed by atoms with Crippen molar-refractivity contribution in [1.29, 1.82) is 0 Å². The smallest absolute Gasteiger partial charge is 0.213 e. The van der Waals surface area contributed by atoms with E-state index >= 15 is 0 Å². The average Bonchev–Trinajstić information content (AvgIpc) is 3.06. The predicted molar refractivity (Wildman–Crippen MR) is 101 cm³/mol. The Bertz CT molecular complexity index is 676. The number of hydrogen-bond donors (Lipinski definition) is 0. The van der Waals surface area contributed by atoms with Gasteiger partial charge in [0.1, 0.15) is 6.61 Å². The number of aliphatic imine (C=N–C) groups is 1. The van der Waals surface area contributed by atoms with Gasteiger partial charge in [0.25, 0.3) is 0 Å². The van der Waals surface area contributed by atoms with Gasteiger partial charge in [-0.25, -0.2) is 4.99 Å². The van der Waals surface area contributed by atoms with Crippen molar-refractivity contribution in [2.45, 2.75) is 39.2 Å². The highest BCUT2D eigenvalue weighted by Crippen LogP contribution is 2.40. The van der Waals surface area contributed by atoms with Gasteiger partial charge in [0.15, 0.2) is 0 Å². The second-order valence-corrected chi connectivity index (χ2v) is 7.71. The Labute approximate surface area is 145 Å². The van der Waals surface area contributed by atoms with E-state index < -0.39 is 0 Å². The van der Waals surface area contributed by atoms with E-state index in [1.165, 1.54) is 11.1 Å². The van der Waals surface area contributed by atoms with Crippen LogP contribution in [0.2, 0.25) is 0 Å². The fourth-order valence-electron chi connectivity index (χ4n) is 3.42. The normalized spacial score (nSPS) is 26.5. The second kappa shape index (κ2) is 6.80. The van der Waals surface area contributed by atoms with E-state index in [-0.39, 0.29) is 17.4 Å². The van der Waals surface area contributed by atoms with Crippen LogP contribution in [0.4, 0.5) is 0 Å². The molecule has 3 rings (SSSR count). The molecule has 0 fully saturated rings. The van der Waals surface area contributed by atoms with Crippen LogP contribution in [0.3, 0.4) is 0 Å². The summed E-state index contributed by atoms with van der Waals surface area (Å²) in [6, 6.07) is 10.9. The molecule has 0 unspecified atom stereocenters. The Morgan fingerprint density at radius 3 is 2.62 bits per heavy atom. The zero-order chi connectivity index (χ0) is 17.2. The molecule has 0 N–H and O–H groups in total. The SMILES string of the molecule is C=CC[C@@H]1C=CC=C(C2=N[C@@H](C(C)(C)C)CO2)[C@H]1c1ccccc1. The van der Waals surface area contributed by atoms with E-state index in [2.05, 4.69) is 75.9 Å². The fourth-order valence-corrected chi connectivity index (χ4v) is 3.42. The fraction of sp³-hybridized carbons (Fsp3) is 0.409. The number of hydrogen-bond acceptors (Lipinski definition) is 2. The summed E-state index contributed by atoms with van der Waals surface area (Å²) in [4.78, 5) is 4.92. The summed E-state index contributed by atoms with van der Waals surface area (Å²) in [5.74, 6) is 1.48. The van der Waals surface area contributed by atoms with E-state index in [9.17, 15) is 0 Å². The molecule has 0 spiro atoms. The highest BCUT2D eigenvalue weighted by atomic mass is 16.5. The molecule has 0 amide bonds. The summed E-state index contributed by atoms with van der Waals surface area (Å²) in [6.45, 7) is 11.3. The third-order valence-corrected chi connectivity index (χ3v) is 4.89. The van der Waals surface area contributed by atoms with E-state index in [1.807, 2.05) is 6.08 Å². The van der Waals surface area contributed by atoms with Crippen LogP contribution in [0.5, 0.6) is 0 Å². The molecule has 2 nitrogen and oxygen atoms in total. The van der Waals surface area contributed by atoms with Gasteiger partial charge >= 0.3 is 0 Å². The number of rotatable bonds is 4. The molecule has 0 saturated carbocycles. The van der Waals surface area contributed by atoms with Crippen LogP contribution < -0.4 is 0 Å². The minimum absolute atomic E-state index is 0.121. The lowest BCUT2D eigenvalue weighted by atomic mass is 9.76. The first-order valence-electron chi connectivity index (χ1n) is 8.76. The Kier molecular flexibility index (Phi) is 4.75. The third-order valence-electron chi connectivity index (χ3n) is 4.89. The molecule has 0 radical (unpaired) electrons. The van der Waals surface area contributed by atoms with Crippen LogP contribution in [-0.2, 0) is 4.74 Å². The monoisotopic (exact) mass is 321 g/mol. The van der Waals surface area contributed by atoms with Crippen molar-refractivity contribution in [2.24, 2.45) is 16.3 Å². The quantitative estimate of drug-likeness (QED) is 0.689. The molecule has 0 bridgehead atoms. The first-order valence-corrected chi connectivity index (χ1v) is 8.76. The topological polar surface area (TPSA) is 21.6 Å². The first-order chi connectivity index (χ1) is 11.5. The minimum atomic E-state index is 0.121. The lowest BCUT2D eigenvalue weighted by molar-refractivity contribution is 0.235. The summed E-state index contributed by atoms with van der Waals surface area (Å²) in [5.41, 5.74) is 2.63. The summed E-state index contributed by atoms with van der Waals surface area (Å²) in [6.07, 6.45) is 9.53. The summed E-state index contributed by atoms with van der Waals surface area (Å²) in [7, 11) is 0. The number of allylic oxidation sites excluding steroid dienone is 4. The van der Waals surface area contributed by atoms with Gasteiger partial charge < -0.3 is 4.74 Å². The predicted octanol–water partition coefficient (Wildman–Crippen LogP) is 5.30. The van der Waals surface area contributed by atoms with Crippen molar-refractivity contribution < 1.29 is 4.74 Å². The highest BCUT2D eigenvalue weighted by molar-refractivity contribution is 5.97. The van der Waals surface area contributed by atoms with Crippen molar-refractivity contribution >= 4 is 5.90 Å². The maximum Gasteiger partial charge on any atom is 0.213 e. The number of ether oxygens (including phenoxy) is 1. The molecule has 126 valence electrons. The molecule has 0 saturated heterocycles. The van der Waals surface area contributed by atoms with Crippen molar-refractivity contribution in [3.8, 4) is 0 Å². The van der Waals surface area contributed by atoms with Gasteiger partial charge in [-0.05, 0) is 23.3 Å². The molecule has 24 heavy (non-hydrogen) atoms. The van der Waals surface area contributed by atoms with Crippen LogP contribution in [0, 0.1) is 11.3 Å². The van der Waals surface area contributed by atoms with Crippen LogP contribution in [0.15, 0.2) is 71.8 Å². The van der Waals surface area contributed by atoms with Crippen molar-refractivity contribution in [2.75, 3.05) is 6.61 Å². The molecule has 1 aromatic carbocycles. The van der Waals surface area contributed by atoms with Gasteiger partial charge in [-0.2, -0.15) is 0 Å². The summed E-state index contributed by atoms with van der Waals surface area (Å²) in [5, 5.41) is 0. The Hall–Kier alpha value is -2.09. The van der Waals surface area contributed by atoms with E-state index in [4.69, 9.17) is 9.73 Å². The molecule has 2 heteroatoms. The molecule has 1 aliphatic heterocycles. The van der Waals surface area contributed by atoms with Crippen LogP contribution in [-0.4, -0.2) is 18.5 Å². The molecule has 1 aromatic rings. The molecule has 3 atom stereocenters. The van der Waals surface area contributed by atoms with Gasteiger partial charge in [0.2, 0.25) is 5.90 Å². The van der Waals surface area contributed by atoms with Gasteiger partial charge in [-0.15, -0.1) is 6.58 Å². The second-order valence-electron chi connectivity index (χ2n) is 7.71. The number of benzene rings is 1. The van der Waals surface area contributed by atoms with Gasteiger partial charge in [0, 0.05) is 11.5 Å². The largest absolute Gasteiger partial charge is 0.475 e. The van der Waals surface area contributed by atoms with E-state index in [0.29, 0.717) is 12.5 Å². The van der Waals surface area contributed by atoms with Gasteiger partial charge in [-0.3, -0.25) is 0 Å². The Morgan fingerprint density at radius 2 is 2.00 bits per heavy atom.